The maximum absolute atomic E-state index is 13.0. The lowest BCUT2D eigenvalue weighted by molar-refractivity contribution is -0.115. The van der Waals surface area contributed by atoms with Gasteiger partial charge in [-0.15, -0.1) is 0 Å². The molecule has 0 aliphatic carbocycles. The number of thioether (sulfide) groups is 1. The second-order valence-electron chi connectivity index (χ2n) is 8.02. The second kappa shape index (κ2) is 8.41. The van der Waals surface area contributed by atoms with E-state index in [2.05, 4.69) is 40.0 Å². The number of carbonyl (C=O) groups is 1. The van der Waals surface area contributed by atoms with Crippen LogP contribution >= 0.6 is 11.8 Å². The van der Waals surface area contributed by atoms with Gasteiger partial charge in [-0.3, -0.25) is 14.2 Å². The Morgan fingerprint density at radius 3 is 2.48 bits per heavy atom. The van der Waals surface area contributed by atoms with Crippen molar-refractivity contribution in [3.05, 3.63) is 77.1 Å². The fraction of sp³-hybridized carbons (Fsp3) is 0.192. The highest BCUT2D eigenvalue weighted by molar-refractivity contribution is 8.00. The molecule has 1 N–H and O–H groups in total. The number of aromatic nitrogens is 3. The Labute approximate surface area is 195 Å². The van der Waals surface area contributed by atoms with Crippen LogP contribution in [-0.2, 0) is 18.4 Å². The molecule has 7 heteroatoms. The molecule has 166 valence electrons. The number of para-hydroxylation sites is 2. The van der Waals surface area contributed by atoms with Gasteiger partial charge >= 0.3 is 0 Å². The van der Waals surface area contributed by atoms with Crippen LogP contribution in [0.3, 0.4) is 0 Å². The number of rotatable bonds is 5. The molecule has 0 aliphatic rings. The van der Waals surface area contributed by atoms with Gasteiger partial charge in [0.15, 0.2) is 5.16 Å². The molecule has 1 atom stereocenters. The molecule has 0 saturated carbocycles. The van der Waals surface area contributed by atoms with Gasteiger partial charge < -0.3 is 9.88 Å². The fourth-order valence-corrected chi connectivity index (χ4v) is 5.10. The van der Waals surface area contributed by atoms with Gasteiger partial charge in [0.25, 0.3) is 5.56 Å². The van der Waals surface area contributed by atoms with Crippen LogP contribution in [0.5, 0.6) is 0 Å². The van der Waals surface area contributed by atoms with Crippen molar-refractivity contribution in [3.63, 3.8) is 0 Å². The first-order valence-corrected chi connectivity index (χ1v) is 11.8. The number of anilines is 1. The molecule has 0 radical (unpaired) electrons. The van der Waals surface area contributed by atoms with E-state index < -0.39 is 5.25 Å². The number of carbonyl (C=O) groups excluding carboxylic acids is 1. The van der Waals surface area contributed by atoms with E-state index in [0.717, 1.165) is 23.1 Å². The lowest BCUT2D eigenvalue weighted by Gasteiger charge is -2.14. The van der Waals surface area contributed by atoms with Crippen molar-refractivity contribution >= 4 is 56.1 Å². The first kappa shape index (κ1) is 21.3. The van der Waals surface area contributed by atoms with Gasteiger partial charge in [-0.25, -0.2) is 4.98 Å². The van der Waals surface area contributed by atoms with E-state index in [4.69, 9.17) is 0 Å². The zero-order chi connectivity index (χ0) is 23.1. The van der Waals surface area contributed by atoms with Crippen LogP contribution in [0.4, 0.5) is 5.69 Å². The molecule has 0 bridgehead atoms. The number of nitrogens with zero attached hydrogens (tertiary/aromatic N) is 3. The summed E-state index contributed by atoms with van der Waals surface area (Å²) in [5.74, 6) is -0.138. The molecule has 5 rings (SSSR count). The van der Waals surface area contributed by atoms with Crippen LogP contribution in [0.1, 0.15) is 13.8 Å². The molecule has 3 aromatic carbocycles. The zero-order valence-electron chi connectivity index (χ0n) is 18.7. The maximum atomic E-state index is 13.0. The first-order chi connectivity index (χ1) is 16.0. The number of hydrogen-bond donors (Lipinski definition) is 1. The monoisotopic (exact) mass is 456 g/mol. The van der Waals surface area contributed by atoms with E-state index in [-0.39, 0.29) is 11.5 Å². The summed E-state index contributed by atoms with van der Waals surface area (Å²) in [6.45, 7) is 4.83. The molecule has 5 aromatic rings. The van der Waals surface area contributed by atoms with Crippen LogP contribution in [0.15, 0.2) is 76.7 Å². The Morgan fingerprint density at radius 2 is 1.70 bits per heavy atom. The summed E-state index contributed by atoms with van der Waals surface area (Å²) in [7, 11) is 1.69. The summed E-state index contributed by atoms with van der Waals surface area (Å²) in [4.78, 5) is 30.2. The number of benzene rings is 3. The van der Waals surface area contributed by atoms with Gasteiger partial charge in [0, 0.05) is 41.1 Å². The van der Waals surface area contributed by atoms with Crippen molar-refractivity contribution in [2.75, 3.05) is 5.32 Å². The molecule has 2 aromatic heterocycles. The van der Waals surface area contributed by atoms with E-state index in [0.29, 0.717) is 16.1 Å². The molecular formula is C26H24N4O2S. The van der Waals surface area contributed by atoms with Gasteiger partial charge in [-0.2, -0.15) is 0 Å². The minimum atomic E-state index is -0.433. The highest BCUT2D eigenvalue weighted by atomic mass is 32.2. The van der Waals surface area contributed by atoms with E-state index in [9.17, 15) is 9.59 Å². The molecule has 33 heavy (non-hydrogen) atoms. The largest absolute Gasteiger partial charge is 0.341 e. The smallest absolute Gasteiger partial charge is 0.261 e. The van der Waals surface area contributed by atoms with E-state index in [1.54, 1.807) is 13.1 Å². The van der Waals surface area contributed by atoms with Crippen molar-refractivity contribution in [1.82, 2.24) is 14.1 Å². The maximum Gasteiger partial charge on any atom is 0.261 e. The molecule has 0 saturated heterocycles. The number of fused-ring (bicyclic) bond motifs is 4. The average Bonchev–Trinajstić information content (AvgIpc) is 3.15. The zero-order valence-corrected chi connectivity index (χ0v) is 19.5. The summed E-state index contributed by atoms with van der Waals surface area (Å²) in [5, 5.41) is 5.97. The van der Waals surface area contributed by atoms with Crippen LogP contribution < -0.4 is 10.9 Å². The number of nitrogens with one attached hydrogen (secondary N) is 1. The highest BCUT2D eigenvalue weighted by Gasteiger charge is 2.19. The van der Waals surface area contributed by atoms with Gasteiger partial charge in [-0.05, 0) is 50.2 Å². The average molecular weight is 457 g/mol. The van der Waals surface area contributed by atoms with Crippen LogP contribution in [0.2, 0.25) is 0 Å². The van der Waals surface area contributed by atoms with Gasteiger partial charge in [0.05, 0.1) is 16.2 Å². The van der Waals surface area contributed by atoms with Crippen molar-refractivity contribution in [2.24, 2.45) is 7.05 Å². The van der Waals surface area contributed by atoms with Gasteiger partial charge in [0.1, 0.15) is 0 Å². The lowest BCUT2D eigenvalue weighted by atomic mass is 10.1. The normalized spacial score (nSPS) is 12.5. The van der Waals surface area contributed by atoms with Crippen molar-refractivity contribution < 1.29 is 4.79 Å². The molecule has 2 heterocycles. The van der Waals surface area contributed by atoms with Crippen LogP contribution in [-0.4, -0.2) is 25.3 Å². The Kier molecular flexibility index (Phi) is 5.42. The van der Waals surface area contributed by atoms with Crippen molar-refractivity contribution in [3.8, 4) is 0 Å². The van der Waals surface area contributed by atoms with E-state index >= 15 is 0 Å². The summed E-state index contributed by atoms with van der Waals surface area (Å²) in [6.07, 6.45) is 0. The number of hydrogen-bond acceptors (Lipinski definition) is 4. The van der Waals surface area contributed by atoms with E-state index in [1.807, 2.05) is 49.4 Å². The molecular weight excluding hydrogens is 432 g/mol. The fourth-order valence-electron chi connectivity index (χ4n) is 4.23. The Hall–Kier alpha value is -3.58. The predicted molar refractivity (Wildman–Crippen MR) is 136 cm³/mol. The van der Waals surface area contributed by atoms with E-state index in [1.165, 1.54) is 27.2 Å². The lowest BCUT2D eigenvalue weighted by Crippen LogP contribution is -2.25. The molecule has 0 spiro atoms. The molecule has 6 nitrogen and oxygen atoms in total. The summed E-state index contributed by atoms with van der Waals surface area (Å²) < 4.78 is 3.78. The Morgan fingerprint density at radius 1 is 1.00 bits per heavy atom. The third-order valence-corrected chi connectivity index (χ3v) is 7.09. The van der Waals surface area contributed by atoms with Gasteiger partial charge in [-0.1, -0.05) is 42.1 Å². The second-order valence-corrected chi connectivity index (χ2v) is 9.33. The Bertz CT molecular complexity index is 1580. The quantitative estimate of drug-likeness (QED) is 0.292. The SMILES string of the molecule is CCn1c2ccccc2c2cc(NC(=O)C(C)Sc3nc4ccccc4c(=O)n3C)ccc21. The van der Waals surface area contributed by atoms with Crippen LogP contribution in [0.25, 0.3) is 32.7 Å². The number of aryl methyl sites for hydroxylation is 1. The standard InChI is InChI=1S/C26H24N4O2S/c1-4-30-22-12-8-6-9-18(22)20-15-17(13-14-23(20)30)27-24(31)16(2)33-26-28-21-11-7-5-10-19(21)25(32)29(26)3/h5-16H,4H2,1-3H3,(H,27,31). The number of amides is 1. The summed E-state index contributed by atoms with van der Waals surface area (Å²) in [6, 6.07) is 21.6. The molecule has 1 amide bonds. The first-order valence-electron chi connectivity index (χ1n) is 10.9. The molecule has 0 fully saturated rings. The highest BCUT2D eigenvalue weighted by Crippen LogP contribution is 2.31. The van der Waals surface area contributed by atoms with Crippen LogP contribution in [0, 0.1) is 0 Å². The minimum absolute atomic E-state index is 0.117. The third kappa shape index (κ3) is 3.68. The minimum Gasteiger partial charge on any atom is -0.341 e. The Balaban J connectivity index is 1.42. The topological polar surface area (TPSA) is 68.9 Å². The third-order valence-electron chi connectivity index (χ3n) is 5.95. The molecule has 0 aliphatic heterocycles. The summed E-state index contributed by atoms with van der Waals surface area (Å²) in [5.41, 5.74) is 3.60. The van der Waals surface area contributed by atoms with Gasteiger partial charge in [0.2, 0.25) is 5.91 Å². The summed E-state index contributed by atoms with van der Waals surface area (Å²) >= 11 is 1.28. The van der Waals surface area contributed by atoms with Crippen molar-refractivity contribution in [1.29, 1.82) is 0 Å². The predicted octanol–water partition coefficient (Wildman–Crippen LogP) is 5.18. The molecule has 1 unspecified atom stereocenters. The van der Waals surface area contributed by atoms with Crippen molar-refractivity contribution in [2.45, 2.75) is 30.8 Å².